The van der Waals surface area contributed by atoms with Crippen LogP contribution in [0.3, 0.4) is 0 Å². The number of sulfonamides is 1. The molecule has 1 saturated heterocycles. The molecule has 1 aromatic rings. The van der Waals surface area contributed by atoms with Crippen molar-refractivity contribution >= 4 is 21.4 Å². The van der Waals surface area contributed by atoms with E-state index < -0.39 is 10.0 Å². The number of hydrogen-bond donors (Lipinski definition) is 1. The first kappa shape index (κ1) is 15.9. The monoisotopic (exact) mass is 318 g/mol. The van der Waals surface area contributed by atoms with Gasteiger partial charge in [-0.3, -0.25) is 0 Å². The summed E-state index contributed by atoms with van der Waals surface area (Å²) in [4.78, 5) is 1.32. The zero-order chi connectivity index (χ0) is 14.6. The Balaban J connectivity index is 2.18. The van der Waals surface area contributed by atoms with E-state index >= 15 is 0 Å². The summed E-state index contributed by atoms with van der Waals surface area (Å²) in [7, 11) is -3.40. The second kappa shape index (κ2) is 7.00. The number of ether oxygens (including phenoxy) is 1. The van der Waals surface area contributed by atoms with E-state index in [1.165, 1.54) is 11.3 Å². The second-order valence-corrected chi connectivity index (χ2v) is 8.02. The zero-order valence-corrected chi connectivity index (χ0v) is 13.6. The van der Waals surface area contributed by atoms with Crippen LogP contribution >= 0.6 is 11.3 Å². The fraction of sp³-hybridized carbons (Fsp3) is 0.692. The third-order valence-corrected chi connectivity index (χ3v) is 6.21. The maximum atomic E-state index is 12.7. The van der Waals surface area contributed by atoms with Crippen molar-refractivity contribution in [2.24, 2.45) is 0 Å². The normalized spacial score (nSPS) is 18.4. The molecule has 1 fully saturated rings. The molecule has 0 atom stereocenters. The summed E-state index contributed by atoms with van der Waals surface area (Å²) < 4.78 is 32.3. The average molecular weight is 318 g/mol. The van der Waals surface area contributed by atoms with Crippen LogP contribution in [0.25, 0.3) is 0 Å². The molecule has 114 valence electrons. The molecule has 1 N–H and O–H groups in total. The van der Waals surface area contributed by atoms with Gasteiger partial charge in [0.05, 0.1) is 11.5 Å². The summed E-state index contributed by atoms with van der Waals surface area (Å²) in [5.74, 6) is 0. The lowest BCUT2D eigenvalue weighted by Gasteiger charge is -2.19. The minimum Gasteiger partial charge on any atom is -0.380 e. The first-order valence-electron chi connectivity index (χ1n) is 6.89. The maximum Gasteiger partial charge on any atom is 0.244 e. The summed E-state index contributed by atoms with van der Waals surface area (Å²) >= 11 is 1.49. The molecule has 2 rings (SSSR count). The molecule has 0 saturated carbocycles. The third kappa shape index (κ3) is 3.79. The highest BCUT2D eigenvalue weighted by molar-refractivity contribution is 7.89. The minimum absolute atomic E-state index is 0.333. The van der Waals surface area contributed by atoms with Crippen LogP contribution < -0.4 is 5.32 Å². The van der Waals surface area contributed by atoms with Gasteiger partial charge in [0.2, 0.25) is 10.0 Å². The van der Waals surface area contributed by atoms with Crippen LogP contribution in [0.15, 0.2) is 16.3 Å². The van der Waals surface area contributed by atoms with E-state index in [9.17, 15) is 8.42 Å². The molecular weight excluding hydrogens is 296 g/mol. The zero-order valence-electron chi connectivity index (χ0n) is 12.0. The van der Waals surface area contributed by atoms with Gasteiger partial charge in [-0.2, -0.15) is 4.31 Å². The molecule has 0 unspecified atom stereocenters. The molecule has 7 heteroatoms. The fourth-order valence-corrected chi connectivity index (χ4v) is 4.92. The lowest BCUT2D eigenvalue weighted by Crippen LogP contribution is -2.34. The molecule has 0 amide bonds. The van der Waals surface area contributed by atoms with Crippen LogP contribution in [0.1, 0.15) is 25.1 Å². The van der Waals surface area contributed by atoms with Crippen LogP contribution in [0.5, 0.6) is 0 Å². The molecule has 0 aliphatic carbocycles. The number of nitrogens with zero attached hydrogens (tertiary/aromatic N) is 1. The van der Waals surface area contributed by atoms with Gasteiger partial charge in [0.25, 0.3) is 0 Å². The Morgan fingerprint density at radius 1 is 1.40 bits per heavy atom. The summed E-state index contributed by atoms with van der Waals surface area (Å²) in [5, 5.41) is 5.12. The van der Waals surface area contributed by atoms with Gasteiger partial charge in [0, 0.05) is 37.2 Å². The third-order valence-electron chi connectivity index (χ3n) is 3.17. The molecule has 0 aromatic carbocycles. The van der Waals surface area contributed by atoms with Crippen LogP contribution in [-0.2, 0) is 21.3 Å². The van der Waals surface area contributed by atoms with E-state index in [4.69, 9.17) is 4.74 Å². The predicted molar refractivity (Wildman–Crippen MR) is 80.5 cm³/mol. The summed E-state index contributed by atoms with van der Waals surface area (Å²) in [5.41, 5.74) is 0. The van der Waals surface area contributed by atoms with E-state index in [-0.39, 0.29) is 0 Å². The topological polar surface area (TPSA) is 58.6 Å². The second-order valence-electron chi connectivity index (χ2n) is 5.11. The molecule has 0 spiro atoms. The standard InChI is InChI=1S/C13H22N2O3S2/c1-11(2)14-10-12-13(4-9-19-12)20(16,17)15-5-3-7-18-8-6-15/h4,9,11,14H,3,5-8,10H2,1-2H3. The SMILES string of the molecule is CC(C)NCc1sccc1S(=O)(=O)N1CCCOCC1. The van der Waals surface area contributed by atoms with Crippen molar-refractivity contribution in [3.05, 3.63) is 16.3 Å². The number of thiophene rings is 1. The Labute approximate surface area is 125 Å². The maximum absolute atomic E-state index is 12.7. The number of rotatable bonds is 5. The Kier molecular flexibility index (Phi) is 5.57. The first-order valence-corrected chi connectivity index (χ1v) is 9.21. The van der Waals surface area contributed by atoms with Crippen molar-refractivity contribution in [1.82, 2.24) is 9.62 Å². The quantitative estimate of drug-likeness (QED) is 0.897. The molecule has 1 aliphatic heterocycles. The molecule has 5 nitrogen and oxygen atoms in total. The van der Waals surface area contributed by atoms with Crippen molar-refractivity contribution in [1.29, 1.82) is 0 Å². The largest absolute Gasteiger partial charge is 0.380 e. The highest BCUT2D eigenvalue weighted by Gasteiger charge is 2.28. The first-order chi connectivity index (χ1) is 9.51. The van der Waals surface area contributed by atoms with Gasteiger partial charge in [-0.15, -0.1) is 11.3 Å². The van der Waals surface area contributed by atoms with E-state index in [1.54, 1.807) is 10.4 Å². The summed E-state index contributed by atoms with van der Waals surface area (Å²) in [6, 6.07) is 2.04. The molecule has 2 heterocycles. The van der Waals surface area contributed by atoms with Crippen molar-refractivity contribution in [2.45, 2.75) is 37.8 Å². The van der Waals surface area contributed by atoms with E-state index in [0.717, 1.165) is 11.3 Å². The van der Waals surface area contributed by atoms with Crippen LogP contribution in [0.2, 0.25) is 0 Å². The minimum atomic E-state index is -3.40. The smallest absolute Gasteiger partial charge is 0.244 e. The van der Waals surface area contributed by atoms with Gasteiger partial charge in [-0.05, 0) is 17.9 Å². The molecular formula is C13H22N2O3S2. The van der Waals surface area contributed by atoms with Crippen molar-refractivity contribution in [2.75, 3.05) is 26.3 Å². The fourth-order valence-electron chi connectivity index (χ4n) is 2.09. The lowest BCUT2D eigenvalue weighted by atomic mass is 10.4. The highest BCUT2D eigenvalue weighted by atomic mass is 32.2. The Hall–Kier alpha value is -0.470. The van der Waals surface area contributed by atoms with Gasteiger partial charge in [-0.25, -0.2) is 8.42 Å². The Morgan fingerprint density at radius 3 is 2.95 bits per heavy atom. The van der Waals surface area contributed by atoms with Gasteiger partial charge >= 0.3 is 0 Å². The van der Waals surface area contributed by atoms with Crippen molar-refractivity contribution in [3.8, 4) is 0 Å². The average Bonchev–Trinajstić information content (AvgIpc) is 2.69. The van der Waals surface area contributed by atoms with E-state index in [1.807, 2.05) is 19.2 Å². The number of hydrogen-bond acceptors (Lipinski definition) is 5. The molecule has 0 bridgehead atoms. The Bertz CT molecular complexity index is 517. The van der Waals surface area contributed by atoms with Gasteiger partial charge in [-0.1, -0.05) is 13.8 Å². The molecule has 0 radical (unpaired) electrons. The number of nitrogens with one attached hydrogen (secondary N) is 1. The van der Waals surface area contributed by atoms with Crippen LogP contribution in [0.4, 0.5) is 0 Å². The van der Waals surface area contributed by atoms with Gasteiger partial charge < -0.3 is 10.1 Å². The van der Waals surface area contributed by atoms with Gasteiger partial charge in [0.15, 0.2) is 0 Å². The molecule has 1 aliphatic rings. The predicted octanol–water partition coefficient (Wildman–Crippen LogP) is 1.66. The van der Waals surface area contributed by atoms with Gasteiger partial charge in [0.1, 0.15) is 0 Å². The highest BCUT2D eigenvalue weighted by Crippen LogP contribution is 2.25. The molecule has 1 aromatic heterocycles. The van der Waals surface area contributed by atoms with Crippen molar-refractivity contribution in [3.63, 3.8) is 0 Å². The summed E-state index contributed by atoms with van der Waals surface area (Å²) in [6.45, 7) is 6.78. The van der Waals surface area contributed by atoms with E-state index in [0.29, 0.717) is 43.8 Å². The van der Waals surface area contributed by atoms with Crippen LogP contribution in [-0.4, -0.2) is 45.1 Å². The molecule has 20 heavy (non-hydrogen) atoms. The van der Waals surface area contributed by atoms with E-state index in [2.05, 4.69) is 5.32 Å². The lowest BCUT2D eigenvalue weighted by molar-refractivity contribution is 0.148. The summed E-state index contributed by atoms with van der Waals surface area (Å²) in [6.07, 6.45) is 0.753. The van der Waals surface area contributed by atoms with Crippen LogP contribution in [0, 0.1) is 0 Å². The van der Waals surface area contributed by atoms with Crippen molar-refractivity contribution < 1.29 is 13.2 Å². The Morgan fingerprint density at radius 2 is 2.20 bits per heavy atom.